The smallest absolute Gasteiger partial charge is 0.253 e. The lowest BCUT2D eigenvalue weighted by atomic mass is 9.93. The van der Waals surface area contributed by atoms with E-state index in [1.165, 1.54) is 43.9 Å². The summed E-state index contributed by atoms with van der Waals surface area (Å²) < 4.78 is 28.8. The number of aromatic nitrogens is 2. The molecule has 1 N–H and O–H groups in total. The Labute approximate surface area is 190 Å². The van der Waals surface area contributed by atoms with Gasteiger partial charge in [0.25, 0.3) is 5.91 Å². The van der Waals surface area contributed by atoms with Crippen molar-refractivity contribution in [1.82, 2.24) is 15.3 Å². The lowest BCUT2D eigenvalue weighted by molar-refractivity contribution is 0.0965. The molecule has 1 saturated carbocycles. The van der Waals surface area contributed by atoms with Gasteiger partial charge in [0.1, 0.15) is 11.6 Å². The summed E-state index contributed by atoms with van der Waals surface area (Å²) in [6, 6.07) is 9.41. The molecule has 1 amide bonds. The summed E-state index contributed by atoms with van der Waals surface area (Å²) in [7, 11) is 0. The monoisotopic (exact) mass is 446 g/mol. The zero-order valence-corrected chi connectivity index (χ0v) is 18.2. The van der Waals surface area contributed by atoms with Crippen LogP contribution in [0.4, 0.5) is 14.5 Å². The molecule has 1 spiro atoms. The molecular weight excluding hydrogens is 422 g/mol. The van der Waals surface area contributed by atoms with Crippen LogP contribution in [0, 0.1) is 17.0 Å². The van der Waals surface area contributed by atoms with E-state index < -0.39 is 11.6 Å². The minimum atomic E-state index is -0.678. The van der Waals surface area contributed by atoms with Gasteiger partial charge in [0.15, 0.2) is 0 Å². The molecule has 2 fully saturated rings. The highest BCUT2D eigenvalue weighted by Gasteiger charge is 2.44. The third kappa shape index (κ3) is 3.65. The minimum Gasteiger partial charge on any atom is -0.370 e. The SMILES string of the molecule is O=C1NCc2nc(-c3c(F)cccc3F)cc(Cc3ccc(N4CCC5(CC4)CC5)cn3)c21. The van der Waals surface area contributed by atoms with Gasteiger partial charge in [-0.1, -0.05) is 6.07 Å². The maximum absolute atomic E-state index is 14.4. The average molecular weight is 447 g/mol. The number of fused-ring (bicyclic) bond motifs is 1. The highest BCUT2D eigenvalue weighted by atomic mass is 19.1. The number of nitrogens with one attached hydrogen (secondary N) is 1. The highest BCUT2D eigenvalue weighted by molar-refractivity contribution is 5.99. The van der Waals surface area contributed by atoms with Gasteiger partial charge in [-0.3, -0.25) is 9.78 Å². The van der Waals surface area contributed by atoms with Crippen LogP contribution in [0.2, 0.25) is 0 Å². The molecule has 1 aromatic carbocycles. The summed E-state index contributed by atoms with van der Waals surface area (Å²) in [6.07, 6.45) is 7.52. The van der Waals surface area contributed by atoms with Crippen LogP contribution in [0.5, 0.6) is 0 Å². The molecule has 0 radical (unpaired) electrons. The number of carbonyl (C=O) groups excluding carboxylic acids is 1. The van der Waals surface area contributed by atoms with Crippen LogP contribution < -0.4 is 10.2 Å². The number of amides is 1. The van der Waals surface area contributed by atoms with Gasteiger partial charge in [0, 0.05) is 25.2 Å². The molecule has 2 aliphatic heterocycles. The molecule has 0 atom stereocenters. The van der Waals surface area contributed by atoms with E-state index in [1.807, 2.05) is 12.3 Å². The fourth-order valence-corrected chi connectivity index (χ4v) is 5.14. The van der Waals surface area contributed by atoms with Gasteiger partial charge < -0.3 is 10.2 Å². The van der Waals surface area contributed by atoms with Gasteiger partial charge in [-0.05, 0) is 67.0 Å². The van der Waals surface area contributed by atoms with Crippen LogP contribution in [0.15, 0.2) is 42.6 Å². The average Bonchev–Trinajstić information content (AvgIpc) is 3.46. The molecule has 2 aromatic heterocycles. The van der Waals surface area contributed by atoms with E-state index in [1.54, 1.807) is 6.07 Å². The third-order valence-corrected chi connectivity index (χ3v) is 7.37. The number of pyridine rings is 2. The Kier molecular flexibility index (Phi) is 4.67. The zero-order chi connectivity index (χ0) is 22.6. The van der Waals surface area contributed by atoms with Crippen molar-refractivity contribution in [3.8, 4) is 11.3 Å². The van der Waals surface area contributed by atoms with Crippen molar-refractivity contribution in [3.05, 3.63) is 76.7 Å². The Hall–Kier alpha value is -3.35. The number of hydrogen-bond donors (Lipinski definition) is 1. The van der Waals surface area contributed by atoms with Crippen molar-refractivity contribution in [1.29, 1.82) is 0 Å². The van der Waals surface area contributed by atoms with Crippen LogP contribution >= 0.6 is 0 Å². The van der Waals surface area contributed by atoms with Crippen LogP contribution in [-0.2, 0) is 13.0 Å². The van der Waals surface area contributed by atoms with E-state index in [-0.39, 0.29) is 23.7 Å². The quantitative estimate of drug-likeness (QED) is 0.635. The van der Waals surface area contributed by atoms with Crippen molar-refractivity contribution >= 4 is 11.6 Å². The molecule has 33 heavy (non-hydrogen) atoms. The maximum atomic E-state index is 14.4. The second-order valence-corrected chi connectivity index (χ2v) is 9.44. The van der Waals surface area contributed by atoms with E-state index in [0.717, 1.165) is 24.5 Å². The molecule has 7 heteroatoms. The molecular formula is C26H24F2N4O. The summed E-state index contributed by atoms with van der Waals surface area (Å²) in [5.74, 6) is -1.57. The largest absolute Gasteiger partial charge is 0.370 e. The number of rotatable bonds is 4. The fourth-order valence-electron chi connectivity index (χ4n) is 5.14. The molecule has 3 aliphatic rings. The molecule has 1 aliphatic carbocycles. The molecule has 168 valence electrons. The van der Waals surface area contributed by atoms with Crippen molar-refractivity contribution in [3.63, 3.8) is 0 Å². The minimum absolute atomic E-state index is 0.178. The lowest BCUT2D eigenvalue weighted by Gasteiger charge is -2.33. The fraction of sp³-hybridized carbons (Fsp3) is 0.346. The molecule has 0 bridgehead atoms. The Morgan fingerprint density at radius 3 is 2.42 bits per heavy atom. The number of hydrogen-bond acceptors (Lipinski definition) is 4. The molecule has 6 rings (SSSR count). The first-order valence-electron chi connectivity index (χ1n) is 11.5. The highest BCUT2D eigenvalue weighted by Crippen LogP contribution is 2.53. The van der Waals surface area contributed by atoms with E-state index in [0.29, 0.717) is 28.7 Å². The van der Waals surface area contributed by atoms with Crippen molar-refractivity contribution in [2.24, 2.45) is 5.41 Å². The number of benzene rings is 1. The maximum Gasteiger partial charge on any atom is 0.253 e. The number of halogens is 2. The molecule has 4 heterocycles. The Balaban J connectivity index is 1.30. The van der Waals surface area contributed by atoms with Gasteiger partial charge in [-0.25, -0.2) is 13.8 Å². The van der Waals surface area contributed by atoms with Crippen LogP contribution in [0.25, 0.3) is 11.3 Å². The van der Waals surface area contributed by atoms with E-state index in [4.69, 9.17) is 0 Å². The lowest BCUT2D eigenvalue weighted by Crippen LogP contribution is -2.34. The van der Waals surface area contributed by atoms with E-state index >= 15 is 0 Å². The molecule has 5 nitrogen and oxygen atoms in total. The second kappa shape index (κ2) is 7.61. The van der Waals surface area contributed by atoms with Gasteiger partial charge in [-0.2, -0.15) is 0 Å². The Morgan fingerprint density at radius 1 is 1.00 bits per heavy atom. The van der Waals surface area contributed by atoms with Gasteiger partial charge in [0.2, 0.25) is 0 Å². The first kappa shape index (κ1) is 20.3. The number of piperidine rings is 1. The van der Waals surface area contributed by atoms with E-state index in [2.05, 4.69) is 26.3 Å². The summed E-state index contributed by atoms with van der Waals surface area (Å²) in [6.45, 7) is 2.38. The first-order chi connectivity index (χ1) is 16.0. The predicted molar refractivity (Wildman–Crippen MR) is 121 cm³/mol. The topological polar surface area (TPSA) is 58.1 Å². The van der Waals surface area contributed by atoms with Crippen molar-refractivity contribution in [2.45, 2.75) is 38.6 Å². The zero-order valence-electron chi connectivity index (χ0n) is 18.2. The summed E-state index contributed by atoms with van der Waals surface area (Å²) in [5, 5.41) is 2.77. The second-order valence-electron chi connectivity index (χ2n) is 9.44. The predicted octanol–water partition coefficient (Wildman–Crippen LogP) is 4.64. The standard InChI is InChI=1S/C26H24F2N4O/c27-19-2-1-3-20(28)24(19)21-13-16(23-22(31-21)15-30-25(23)33)12-17-4-5-18(14-29-17)32-10-8-26(6-7-26)9-11-32/h1-5,13-14H,6-12,15H2,(H,30,33). The number of anilines is 1. The van der Waals surface area contributed by atoms with Crippen molar-refractivity contribution < 1.29 is 13.6 Å². The van der Waals surface area contributed by atoms with Gasteiger partial charge in [-0.15, -0.1) is 0 Å². The van der Waals surface area contributed by atoms with Crippen LogP contribution in [0.3, 0.4) is 0 Å². The number of nitrogens with zero attached hydrogens (tertiary/aromatic N) is 3. The van der Waals surface area contributed by atoms with Crippen molar-refractivity contribution in [2.75, 3.05) is 18.0 Å². The normalized spacial score (nSPS) is 18.4. The van der Waals surface area contributed by atoms with Crippen LogP contribution in [-0.4, -0.2) is 29.0 Å². The molecule has 1 saturated heterocycles. The van der Waals surface area contributed by atoms with Gasteiger partial charge >= 0.3 is 0 Å². The number of carbonyl (C=O) groups is 1. The third-order valence-electron chi connectivity index (χ3n) is 7.37. The molecule has 0 unspecified atom stereocenters. The summed E-state index contributed by atoms with van der Waals surface area (Å²) in [5.41, 5.74) is 4.20. The first-order valence-corrected chi connectivity index (χ1v) is 11.5. The van der Waals surface area contributed by atoms with Crippen LogP contribution in [0.1, 0.15) is 53.0 Å². The Bertz CT molecular complexity index is 1220. The molecule has 3 aromatic rings. The Morgan fingerprint density at radius 2 is 1.76 bits per heavy atom. The van der Waals surface area contributed by atoms with Gasteiger partial charge in [0.05, 0.1) is 40.9 Å². The van der Waals surface area contributed by atoms with E-state index in [9.17, 15) is 13.6 Å². The summed E-state index contributed by atoms with van der Waals surface area (Å²) in [4.78, 5) is 23.9. The summed E-state index contributed by atoms with van der Waals surface area (Å²) >= 11 is 0.